The fourth-order valence-electron chi connectivity index (χ4n) is 2.11. The Bertz CT molecular complexity index is 279. The molecule has 3 nitrogen and oxygen atoms in total. The summed E-state index contributed by atoms with van der Waals surface area (Å²) in [5.41, 5.74) is 0.790. The molecule has 0 aromatic rings. The van der Waals surface area contributed by atoms with Gasteiger partial charge in [-0.3, -0.25) is 4.90 Å². The van der Waals surface area contributed by atoms with E-state index in [4.69, 9.17) is 4.74 Å². The summed E-state index contributed by atoms with van der Waals surface area (Å²) in [5, 5.41) is 0. The number of carbonyl (C=O) groups is 1. The zero-order valence-electron chi connectivity index (χ0n) is 8.29. The number of carbonyl (C=O) groups excluding carboxylic acids is 1. The van der Waals surface area contributed by atoms with E-state index in [9.17, 15) is 4.79 Å². The fraction of sp³-hybridized carbons (Fsp3) is 0.700. The second-order valence-corrected chi connectivity index (χ2v) is 6.34. The summed E-state index contributed by atoms with van der Waals surface area (Å²) in [6, 6.07) is 0.241. The number of nitrogens with zero attached hydrogens (tertiary/aromatic N) is 1. The van der Waals surface area contributed by atoms with Crippen LogP contribution in [0.2, 0.25) is 0 Å². The van der Waals surface area contributed by atoms with E-state index in [2.05, 4.69) is 38.4 Å². The zero-order chi connectivity index (χ0) is 11.0. The van der Waals surface area contributed by atoms with E-state index in [-0.39, 0.29) is 12.1 Å². The summed E-state index contributed by atoms with van der Waals surface area (Å²) in [7, 11) is 0. The lowest BCUT2D eigenvalue weighted by atomic mass is 9.94. The Morgan fingerprint density at radius 1 is 1.33 bits per heavy atom. The molecule has 1 aliphatic heterocycles. The molecule has 2 fully saturated rings. The minimum atomic E-state index is -0.238. The average Bonchev–Trinajstić information content (AvgIpc) is 2.52. The second-order valence-electron chi connectivity index (χ2n) is 3.99. The summed E-state index contributed by atoms with van der Waals surface area (Å²) in [4.78, 5) is 14.1. The highest BCUT2D eigenvalue weighted by molar-refractivity contribution is 9.12. The van der Waals surface area contributed by atoms with Crippen LogP contribution in [-0.2, 0) is 4.74 Å². The first kappa shape index (κ1) is 11.5. The number of amides is 1. The Balaban J connectivity index is 2.05. The number of hydrogen-bond acceptors (Lipinski definition) is 2. The Kier molecular flexibility index (Phi) is 3.40. The molecule has 1 heterocycles. The molecule has 5 heteroatoms. The van der Waals surface area contributed by atoms with Gasteiger partial charge in [-0.05, 0) is 19.3 Å². The maximum Gasteiger partial charge on any atom is 0.414 e. The predicted molar refractivity (Wildman–Crippen MR) is 65.4 cm³/mol. The number of alkyl halides is 2. The molecule has 0 N–H and O–H groups in total. The van der Waals surface area contributed by atoms with Gasteiger partial charge in [0, 0.05) is 15.7 Å². The largest absolute Gasteiger partial charge is 0.443 e. The van der Waals surface area contributed by atoms with E-state index in [0.29, 0.717) is 16.3 Å². The fourth-order valence-corrected chi connectivity index (χ4v) is 3.29. The lowest BCUT2D eigenvalue weighted by Crippen LogP contribution is -2.41. The summed E-state index contributed by atoms with van der Waals surface area (Å²) in [6.07, 6.45) is 2.78. The van der Waals surface area contributed by atoms with Gasteiger partial charge < -0.3 is 4.74 Å². The molecule has 0 radical (unpaired) electrons. The molecule has 1 saturated carbocycles. The highest BCUT2D eigenvalue weighted by atomic mass is 79.9. The molecule has 3 atom stereocenters. The Morgan fingerprint density at radius 2 is 2.07 bits per heavy atom. The third-order valence-corrected chi connectivity index (χ3v) is 5.75. The monoisotopic (exact) mass is 337 g/mol. The molecule has 1 saturated heterocycles. The van der Waals surface area contributed by atoms with Crippen LogP contribution in [-0.4, -0.2) is 33.3 Å². The van der Waals surface area contributed by atoms with Crippen LogP contribution in [0.1, 0.15) is 19.3 Å². The zero-order valence-corrected chi connectivity index (χ0v) is 11.5. The van der Waals surface area contributed by atoms with Crippen molar-refractivity contribution < 1.29 is 9.53 Å². The minimum absolute atomic E-state index is 0.238. The molecule has 15 heavy (non-hydrogen) atoms. The lowest BCUT2D eigenvalue weighted by molar-refractivity contribution is 0.143. The standard InChI is InChI=1S/C10H13Br2NO2/c1-6-5-15-10(14)13(6)7-2-3-8(11)9(12)4-7/h7-9H,1-5H2/t7-,8-,9-/m0/s1. The van der Waals surface area contributed by atoms with Crippen molar-refractivity contribution in [3.05, 3.63) is 12.3 Å². The van der Waals surface area contributed by atoms with E-state index in [1.807, 2.05) is 0 Å². The van der Waals surface area contributed by atoms with Crippen LogP contribution in [0.25, 0.3) is 0 Å². The van der Waals surface area contributed by atoms with Gasteiger partial charge in [-0.25, -0.2) is 4.79 Å². The van der Waals surface area contributed by atoms with Gasteiger partial charge in [0.1, 0.15) is 6.61 Å². The first-order valence-corrected chi connectivity index (χ1v) is 6.84. The molecule has 2 aliphatic rings. The van der Waals surface area contributed by atoms with E-state index in [1.54, 1.807) is 4.90 Å². The van der Waals surface area contributed by atoms with Crippen molar-refractivity contribution in [3.8, 4) is 0 Å². The summed E-state index contributed by atoms with van der Waals surface area (Å²) < 4.78 is 4.95. The molecule has 1 aliphatic carbocycles. The first-order chi connectivity index (χ1) is 7.09. The van der Waals surface area contributed by atoms with Crippen molar-refractivity contribution in [1.29, 1.82) is 0 Å². The van der Waals surface area contributed by atoms with Gasteiger partial charge in [-0.2, -0.15) is 0 Å². The molecule has 1 amide bonds. The quantitative estimate of drug-likeness (QED) is 0.688. The van der Waals surface area contributed by atoms with Gasteiger partial charge in [-0.15, -0.1) is 0 Å². The van der Waals surface area contributed by atoms with Crippen molar-refractivity contribution >= 4 is 38.0 Å². The molecule has 84 valence electrons. The number of cyclic esters (lactones) is 1. The second kappa shape index (κ2) is 4.45. The maximum atomic E-state index is 11.5. The molecule has 0 bridgehead atoms. The van der Waals surface area contributed by atoms with Crippen molar-refractivity contribution in [3.63, 3.8) is 0 Å². The maximum absolute atomic E-state index is 11.5. The summed E-state index contributed by atoms with van der Waals surface area (Å²) in [5.74, 6) is 0. The van der Waals surface area contributed by atoms with Crippen LogP contribution in [0.4, 0.5) is 4.79 Å². The van der Waals surface area contributed by atoms with Gasteiger partial charge >= 0.3 is 6.09 Å². The lowest BCUT2D eigenvalue weighted by Gasteiger charge is -2.34. The van der Waals surface area contributed by atoms with Crippen molar-refractivity contribution in [2.24, 2.45) is 0 Å². The Hall–Kier alpha value is -0.0300. The van der Waals surface area contributed by atoms with E-state index in [1.165, 1.54) is 0 Å². The van der Waals surface area contributed by atoms with Crippen LogP contribution >= 0.6 is 31.9 Å². The number of ether oxygens (including phenoxy) is 1. The predicted octanol–water partition coefficient (Wildman–Crippen LogP) is 3.03. The molecule has 0 unspecified atom stereocenters. The normalized spacial score (nSPS) is 36.9. The molecule has 0 aromatic carbocycles. The number of halogens is 2. The molecule has 0 spiro atoms. The smallest absolute Gasteiger partial charge is 0.414 e. The molecule has 2 rings (SSSR count). The van der Waals surface area contributed by atoms with Crippen LogP contribution < -0.4 is 0 Å². The summed E-state index contributed by atoms with van der Waals surface area (Å²) in [6.45, 7) is 4.21. The third-order valence-electron chi connectivity index (χ3n) is 2.93. The van der Waals surface area contributed by atoms with Crippen LogP contribution in [0.15, 0.2) is 12.3 Å². The van der Waals surface area contributed by atoms with Gasteiger partial charge in [0.25, 0.3) is 0 Å². The summed E-state index contributed by atoms with van der Waals surface area (Å²) >= 11 is 7.24. The Labute approximate surface area is 106 Å². The SMILES string of the molecule is C=C1COC(=O)N1[C@H]1CC[C@H](Br)[C@@H](Br)C1. The molecular weight excluding hydrogens is 326 g/mol. The molecular formula is C10H13Br2NO2. The Morgan fingerprint density at radius 3 is 2.60 bits per heavy atom. The number of hydrogen-bond donors (Lipinski definition) is 0. The van der Waals surface area contributed by atoms with Crippen molar-refractivity contribution in [1.82, 2.24) is 4.90 Å². The van der Waals surface area contributed by atoms with Crippen molar-refractivity contribution in [2.45, 2.75) is 35.0 Å². The van der Waals surface area contributed by atoms with Crippen LogP contribution in [0.5, 0.6) is 0 Å². The van der Waals surface area contributed by atoms with E-state index in [0.717, 1.165) is 25.0 Å². The number of rotatable bonds is 1. The highest BCUT2D eigenvalue weighted by Gasteiger charge is 2.37. The van der Waals surface area contributed by atoms with E-state index >= 15 is 0 Å². The van der Waals surface area contributed by atoms with Gasteiger partial charge in [0.2, 0.25) is 0 Å². The molecule has 0 aromatic heterocycles. The van der Waals surface area contributed by atoms with Gasteiger partial charge in [0.05, 0.1) is 5.70 Å². The first-order valence-electron chi connectivity index (χ1n) is 5.01. The van der Waals surface area contributed by atoms with E-state index < -0.39 is 0 Å². The minimum Gasteiger partial charge on any atom is -0.443 e. The van der Waals surface area contributed by atoms with Crippen molar-refractivity contribution in [2.75, 3.05) is 6.61 Å². The van der Waals surface area contributed by atoms with Gasteiger partial charge in [-0.1, -0.05) is 38.4 Å². The topological polar surface area (TPSA) is 29.5 Å². The highest BCUT2D eigenvalue weighted by Crippen LogP contribution is 2.35. The third kappa shape index (κ3) is 2.23. The van der Waals surface area contributed by atoms with Gasteiger partial charge in [0.15, 0.2) is 0 Å². The van der Waals surface area contributed by atoms with Crippen LogP contribution in [0.3, 0.4) is 0 Å². The average molecular weight is 339 g/mol. The van der Waals surface area contributed by atoms with Crippen LogP contribution in [0, 0.1) is 0 Å².